The highest BCUT2D eigenvalue weighted by Gasteiger charge is 2.12. The Morgan fingerprint density at radius 1 is 1.22 bits per heavy atom. The van der Waals surface area contributed by atoms with Gasteiger partial charge in [-0.25, -0.2) is 0 Å². The van der Waals surface area contributed by atoms with Gasteiger partial charge in [-0.15, -0.1) is 0 Å². The summed E-state index contributed by atoms with van der Waals surface area (Å²) in [5.74, 6) is 0. The van der Waals surface area contributed by atoms with Crippen LogP contribution in [0.2, 0.25) is 0 Å². The van der Waals surface area contributed by atoms with Crippen LogP contribution in [0.15, 0.2) is 18.2 Å². The van der Waals surface area contributed by atoms with Gasteiger partial charge in [0, 0.05) is 19.3 Å². The molecule has 0 aliphatic carbocycles. The molecular weight excluding hydrogens is 222 g/mol. The smallest absolute Gasteiger partial charge is 0.0484 e. The van der Waals surface area contributed by atoms with Crippen molar-refractivity contribution in [2.45, 2.75) is 46.6 Å². The van der Waals surface area contributed by atoms with E-state index in [0.717, 1.165) is 32.6 Å². The average molecular weight is 249 g/mol. The van der Waals surface area contributed by atoms with Gasteiger partial charge in [0.1, 0.15) is 0 Å². The molecule has 2 nitrogen and oxygen atoms in total. The zero-order valence-electron chi connectivity index (χ0n) is 12.3. The molecule has 0 aliphatic heterocycles. The number of hydrogen-bond acceptors (Lipinski definition) is 2. The molecule has 0 saturated heterocycles. The van der Waals surface area contributed by atoms with Crippen molar-refractivity contribution in [1.29, 1.82) is 0 Å². The fraction of sp³-hybridized carbons (Fsp3) is 0.625. The summed E-state index contributed by atoms with van der Waals surface area (Å²) in [4.78, 5) is 0. The van der Waals surface area contributed by atoms with Crippen LogP contribution in [0, 0.1) is 13.8 Å². The lowest BCUT2D eigenvalue weighted by molar-refractivity contribution is 0.136. The second-order valence-electron chi connectivity index (χ2n) is 4.85. The van der Waals surface area contributed by atoms with Crippen LogP contribution in [0.1, 0.15) is 49.4 Å². The normalized spacial score (nSPS) is 12.7. The quantitative estimate of drug-likeness (QED) is 0.708. The highest BCUT2D eigenvalue weighted by Crippen LogP contribution is 2.22. The van der Waals surface area contributed by atoms with Gasteiger partial charge in [0.2, 0.25) is 0 Å². The van der Waals surface area contributed by atoms with Crippen molar-refractivity contribution in [2.75, 3.05) is 19.8 Å². The van der Waals surface area contributed by atoms with Crippen molar-refractivity contribution in [3.05, 3.63) is 34.9 Å². The topological polar surface area (TPSA) is 21.3 Å². The van der Waals surface area contributed by atoms with Gasteiger partial charge in [-0.05, 0) is 51.3 Å². The Hall–Kier alpha value is -0.860. The standard InChI is InChI=1S/C16H27NO/c1-5-10-17-16(9-11-18-6-2)15-8-7-13(3)12-14(15)4/h7-8,12,16-17H,5-6,9-11H2,1-4H3. The third-order valence-electron chi connectivity index (χ3n) is 3.20. The highest BCUT2D eigenvalue weighted by atomic mass is 16.5. The monoisotopic (exact) mass is 249 g/mol. The van der Waals surface area contributed by atoms with E-state index in [1.807, 2.05) is 6.92 Å². The maximum absolute atomic E-state index is 5.49. The van der Waals surface area contributed by atoms with Crippen LogP contribution in [0.4, 0.5) is 0 Å². The fourth-order valence-corrected chi connectivity index (χ4v) is 2.25. The predicted molar refractivity (Wildman–Crippen MR) is 78.1 cm³/mol. The van der Waals surface area contributed by atoms with E-state index in [4.69, 9.17) is 4.74 Å². The summed E-state index contributed by atoms with van der Waals surface area (Å²) in [5, 5.41) is 3.62. The first-order valence-corrected chi connectivity index (χ1v) is 7.07. The van der Waals surface area contributed by atoms with Crippen molar-refractivity contribution < 1.29 is 4.74 Å². The van der Waals surface area contributed by atoms with Crippen molar-refractivity contribution in [3.8, 4) is 0 Å². The van der Waals surface area contributed by atoms with E-state index in [1.165, 1.54) is 16.7 Å². The third kappa shape index (κ3) is 4.79. The van der Waals surface area contributed by atoms with Crippen LogP contribution < -0.4 is 5.32 Å². The van der Waals surface area contributed by atoms with Gasteiger partial charge in [0.05, 0.1) is 0 Å². The van der Waals surface area contributed by atoms with Crippen molar-refractivity contribution in [3.63, 3.8) is 0 Å². The number of benzene rings is 1. The van der Waals surface area contributed by atoms with Gasteiger partial charge in [-0.1, -0.05) is 30.7 Å². The zero-order chi connectivity index (χ0) is 13.4. The lowest BCUT2D eigenvalue weighted by Crippen LogP contribution is -2.24. The van der Waals surface area contributed by atoms with Gasteiger partial charge in [0.15, 0.2) is 0 Å². The molecule has 1 aromatic rings. The van der Waals surface area contributed by atoms with E-state index >= 15 is 0 Å². The molecule has 1 atom stereocenters. The minimum absolute atomic E-state index is 0.414. The number of nitrogens with one attached hydrogen (secondary N) is 1. The van der Waals surface area contributed by atoms with Crippen LogP contribution in [0.5, 0.6) is 0 Å². The van der Waals surface area contributed by atoms with Crippen molar-refractivity contribution >= 4 is 0 Å². The molecule has 1 N–H and O–H groups in total. The SMILES string of the molecule is CCCNC(CCOCC)c1ccc(C)cc1C. The second-order valence-corrected chi connectivity index (χ2v) is 4.85. The maximum Gasteiger partial charge on any atom is 0.0484 e. The lowest BCUT2D eigenvalue weighted by Gasteiger charge is -2.21. The second kappa shape index (κ2) is 8.28. The lowest BCUT2D eigenvalue weighted by atomic mass is 9.97. The number of ether oxygens (including phenoxy) is 1. The van der Waals surface area contributed by atoms with E-state index in [1.54, 1.807) is 0 Å². The molecule has 0 radical (unpaired) electrons. The molecule has 0 heterocycles. The Morgan fingerprint density at radius 2 is 2.00 bits per heavy atom. The van der Waals surface area contributed by atoms with E-state index in [0.29, 0.717) is 6.04 Å². The molecule has 102 valence electrons. The van der Waals surface area contributed by atoms with Gasteiger partial charge in [-0.3, -0.25) is 0 Å². The van der Waals surface area contributed by atoms with E-state index in [9.17, 15) is 0 Å². The zero-order valence-corrected chi connectivity index (χ0v) is 12.3. The highest BCUT2D eigenvalue weighted by molar-refractivity contribution is 5.32. The maximum atomic E-state index is 5.49. The predicted octanol–water partition coefficient (Wildman–Crippen LogP) is 3.77. The first-order chi connectivity index (χ1) is 8.69. The molecule has 1 unspecified atom stereocenters. The van der Waals surface area contributed by atoms with E-state index in [2.05, 4.69) is 44.3 Å². The Kier molecular flexibility index (Phi) is 6.99. The molecule has 0 aliphatic rings. The molecule has 0 bridgehead atoms. The average Bonchev–Trinajstić information content (AvgIpc) is 2.34. The minimum Gasteiger partial charge on any atom is -0.382 e. The molecule has 0 fully saturated rings. The van der Waals surface area contributed by atoms with Crippen LogP contribution in [0.25, 0.3) is 0 Å². The summed E-state index contributed by atoms with van der Waals surface area (Å²) in [6, 6.07) is 7.13. The summed E-state index contributed by atoms with van der Waals surface area (Å²) in [6.07, 6.45) is 2.20. The molecule has 1 aromatic carbocycles. The van der Waals surface area contributed by atoms with Gasteiger partial charge in [0.25, 0.3) is 0 Å². The number of aryl methyl sites for hydroxylation is 2. The van der Waals surface area contributed by atoms with Crippen LogP contribution >= 0.6 is 0 Å². The van der Waals surface area contributed by atoms with Crippen molar-refractivity contribution in [2.24, 2.45) is 0 Å². The summed E-state index contributed by atoms with van der Waals surface area (Å²) >= 11 is 0. The Bertz CT molecular complexity index is 349. The Balaban J connectivity index is 2.73. The van der Waals surface area contributed by atoms with Crippen LogP contribution in [-0.2, 0) is 4.74 Å². The molecule has 2 heteroatoms. The summed E-state index contributed by atoms with van der Waals surface area (Å²) in [6.45, 7) is 11.3. The Labute approximate surface area is 112 Å². The summed E-state index contributed by atoms with van der Waals surface area (Å²) in [5.41, 5.74) is 4.11. The minimum atomic E-state index is 0.414. The molecule has 1 rings (SSSR count). The third-order valence-corrected chi connectivity index (χ3v) is 3.20. The Morgan fingerprint density at radius 3 is 2.61 bits per heavy atom. The molecule has 0 spiro atoms. The van der Waals surface area contributed by atoms with Gasteiger partial charge < -0.3 is 10.1 Å². The van der Waals surface area contributed by atoms with Gasteiger partial charge >= 0.3 is 0 Å². The molecule has 18 heavy (non-hydrogen) atoms. The molecular formula is C16H27NO. The number of hydrogen-bond donors (Lipinski definition) is 1. The first-order valence-electron chi connectivity index (χ1n) is 7.07. The first kappa shape index (κ1) is 15.2. The fourth-order valence-electron chi connectivity index (χ4n) is 2.25. The molecule has 0 saturated carbocycles. The summed E-state index contributed by atoms with van der Waals surface area (Å²) < 4.78 is 5.49. The van der Waals surface area contributed by atoms with E-state index < -0.39 is 0 Å². The molecule has 0 aromatic heterocycles. The van der Waals surface area contributed by atoms with Crippen LogP contribution in [0.3, 0.4) is 0 Å². The number of rotatable bonds is 8. The van der Waals surface area contributed by atoms with Gasteiger partial charge in [-0.2, -0.15) is 0 Å². The van der Waals surface area contributed by atoms with E-state index in [-0.39, 0.29) is 0 Å². The van der Waals surface area contributed by atoms with Crippen molar-refractivity contribution in [1.82, 2.24) is 5.32 Å². The summed E-state index contributed by atoms with van der Waals surface area (Å²) in [7, 11) is 0. The molecule has 0 amide bonds. The largest absolute Gasteiger partial charge is 0.382 e. The van der Waals surface area contributed by atoms with Crippen LogP contribution in [-0.4, -0.2) is 19.8 Å².